The first-order valence-electron chi connectivity index (χ1n) is 0.894. The molecule has 0 radical (unpaired) electrons. The van der Waals surface area contributed by atoms with E-state index in [1.807, 2.05) is 0 Å². The van der Waals surface area contributed by atoms with Crippen LogP contribution in [0.1, 0.15) is 1.43 Å². The van der Waals surface area contributed by atoms with Crippen LogP contribution >= 0.6 is 0 Å². The quantitative estimate of drug-likeness (QED) is 0.330. The molecule has 0 aliphatic heterocycles. The standard InChI is InChI=1S/Al.Cs.H4O4Si.H2O.4H/c;;1-5(2,3)4;;;;;/h;;1-4H;1H2;;;;/q;+1;;;;;;-1. The van der Waals surface area contributed by atoms with Crippen molar-refractivity contribution in [3.63, 3.8) is 0 Å². The van der Waals surface area contributed by atoms with Gasteiger partial charge in [0, 0.05) is 0 Å². The van der Waals surface area contributed by atoms with E-state index in [0.717, 1.165) is 0 Å². The zero-order valence-corrected chi connectivity index (χ0v) is 11.1. The SMILES string of the molecule is O.O[Si](O)(O)O.[AlH3].[Cs+].[H-]. The van der Waals surface area contributed by atoms with Gasteiger partial charge in [-0.15, -0.1) is 0 Å². The number of hydrogen-bond donors (Lipinski definition) is 4. The van der Waals surface area contributed by atoms with Crippen LogP contribution in [0.4, 0.5) is 0 Å². The molecule has 48 valence electrons. The van der Waals surface area contributed by atoms with Crippen LogP contribution in [-0.4, -0.2) is 51.1 Å². The molecule has 6 N–H and O–H groups in total. The topological polar surface area (TPSA) is 112 Å². The van der Waals surface area contributed by atoms with Gasteiger partial charge < -0.3 is 26.1 Å². The molecule has 0 bridgehead atoms. The molecule has 0 aromatic rings. The van der Waals surface area contributed by atoms with E-state index in [-0.39, 0.29) is 93.2 Å². The Kier molecular flexibility index (Phi) is 26.9. The molecule has 0 amide bonds. The Morgan fingerprint density at radius 1 is 1.00 bits per heavy atom. The normalized spacial score (nSPS) is 7.50. The summed E-state index contributed by atoms with van der Waals surface area (Å²) in [6, 6.07) is 0. The van der Waals surface area contributed by atoms with Gasteiger partial charge in [-0.1, -0.05) is 0 Å². The molecule has 0 fully saturated rings. The van der Waals surface area contributed by atoms with Gasteiger partial charge in [0.25, 0.3) is 0 Å². The van der Waals surface area contributed by atoms with Crippen molar-refractivity contribution in [1.82, 2.24) is 0 Å². The smallest absolute Gasteiger partial charge is 1.00 e. The third-order valence-corrected chi connectivity index (χ3v) is 0. The third kappa shape index (κ3) is 73.4. The molecule has 0 unspecified atom stereocenters. The summed E-state index contributed by atoms with van der Waals surface area (Å²) in [6.07, 6.45) is 0. The van der Waals surface area contributed by atoms with Crippen LogP contribution in [0.5, 0.6) is 0 Å². The Hall–Kier alpha value is 2.60. The molecule has 0 aromatic carbocycles. The first-order valence-corrected chi connectivity index (χ1v) is 2.68. The Morgan fingerprint density at radius 3 is 1.00 bits per heavy atom. The molecular weight excluding hydrogens is 268 g/mol. The van der Waals surface area contributed by atoms with E-state index in [2.05, 4.69) is 0 Å². The predicted molar refractivity (Wildman–Crippen MR) is 29.3 cm³/mol. The molecular formula is H10AlCsO5Si. The van der Waals surface area contributed by atoms with Crippen molar-refractivity contribution in [3.05, 3.63) is 0 Å². The van der Waals surface area contributed by atoms with Gasteiger partial charge in [-0.05, 0) is 0 Å². The van der Waals surface area contributed by atoms with Crippen LogP contribution in [0.25, 0.3) is 0 Å². The largest absolute Gasteiger partial charge is 1.00 e. The summed E-state index contributed by atoms with van der Waals surface area (Å²) in [7, 11) is -4.61. The van der Waals surface area contributed by atoms with Crippen molar-refractivity contribution in [1.29, 1.82) is 0 Å². The summed E-state index contributed by atoms with van der Waals surface area (Å²) in [5.74, 6) is 0. The molecule has 0 aliphatic rings. The van der Waals surface area contributed by atoms with Gasteiger partial charge in [-0.3, -0.25) is 0 Å². The fraction of sp³-hybridized carbons (Fsp3) is 0. The summed E-state index contributed by atoms with van der Waals surface area (Å²) in [4.78, 5) is 29.3. The van der Waals surface area contributed by atoms with Gasteiger partial charge in [0.1, 0.15) is 0 Å². The second-order valence-corrected chi connectivity index (χ2v) is 1.80. The molecule has 8 heteroatoms. The maximum Gasteiger partial charge on any atom is 1.00 e. The van der Waals surface area contributed by atoms with E-state index in [9.17, 15) is 0 Å². The van der Waals surface area contributed by atoms with Crippen molar-refractivity contribution in [3.8, 4) is 0 Å². The zero-order chi connectivity index (χ0) is 4.50. The minimum absolute atomic E-state index is 0. The van der Waals surface area contributed by atoms with Crippen LogP contribution < -0.4 is 68.9 Å². The number of rotatable bonds is 0. The molecule has 0 aliphatic carbocycles. The maximum absolute atomic E-state index is 7.33. The monoisotopic (exact) mass is 278 g/mol. The predicted octanol–water partition coefficient (Wildman–Crippen LogP) is -7.50. The van der Waals surface area contributed by atoms with Gasteiger partial charge in [0.15, 0.2) is 17.4 Å². The van der Waals surface area contributed by atoms with E-state index in [1.165, 1.54) is 0 Å². The van der Waals surface area contributed by atoms with Gasteiger partial charge in [0.2, 0.25) is 0 Å². The molecule has 0 heterocycles. The average molecular weight is 278 g/mol. The first-order chi connectivity index (χ1) is 2.00. The third-order valence-electron chi connectivity index (χ3n) is 0. The van der Waals surface area contributed by atoms with Gasteiger partial charge in [0.05, 0.1) is 0 Å². The molecule has 0 aromatic heterocycles. The molecule has 8 heavy (non-hydrogen) atoms. The van der Waals surface area contributed by atoms with E-state index < -0.39 is 9.05 Å². The summed E-state index contributed by atoms with van der Waals surface area (Å²) in [6.45, 7) is 0. The summed E-state index contributed by atoms with van der Waals surface area (Å²) in [5.41, 5.74) is 0. The second kappa shape index (κ2) is 9.60. The van der Waals surface area contributed by atoms with Crippen molar-refractivity contribution < 1.29 is 95.0 Å². The Bertz CT molecular complexity index is 32.4. The Balaban J connectivity index is -0.0000000133. The minimum Gasteiger partial charge on any atom is -1.00 e. The number of hydrogen-bond acceptors (Lipinski definition) is 4. The average Bonchev–Trinajstić information content (AvgIpc) is 0.722. The van der Waals surface area contributed by atoms with Crippen LogP contribution in [0.3, 0.4) is 0 Å². The van der Waals surface area contributed by atoms with Crippen molar-refractivity contribution in [2.75, 3.05) is 0 Å². The van der Waals surface area contributed by atoms with Crippen LogP contribution in [-0.2, 0) is 0 Å². The molecule has 0 saturated heterocycles. The van der Waals surface area contributed by atoms with Crippen molar-refractivity contribution >= 4 is 26.4 Å². The maximum atomic E-state index is 7.33. The van der Waals surface area contributed by atoms with Crippen LogP contribution in [0, 0.1) is 0 Å². The summed E-state index contributed by atoms with van der Waals surface area (Å²) >= 11 is 0. The summed E-state index contributed by atoms with van der Waals surface area (Å²) < 4.78 is 0. The Morgan fingerprint density at radius 2 is 1.00 bits per heavy atom. The summed E-state index contributed by atoms with van der Waals surface area (Å²) in [5, 5.41) is 0. The molecule has 0 spiro atoms. The van der Waals surface area contributed by atoms with E-state index >= 15 is 0 Å². The molecule has 0 rings (SSSR count). The van der Waals surface area contributed by atoms with Gasteiger partial charge in [-0.2, -0.15) is 0 Å². The van der Waals surface area contributed by atoms with Gasteiger partial charge >= 0.3 is 77.9 Å². The van der Waals surface area contributed by atoms with Crippen LogP contribution in [0.2, 0.25) is 0 Å². The van der Waals surface area contributed by atoms with E-state index in [1.54, 1.807) is 0 Å². The van der Waals surface area contributed by atoms with Crippen molar-refractivity contribution in [2.24, 2.45) is 0 Å². The van der Waals surface area contributed by atoms with Crippen molar-refractivity contribution in [2.45, 2.75) is 0 Å². The second-order valence-electron chi connectivity index (χ2n) is 0.600. The van der Waals surface area contributed by atoms with E-state index in [4.69, 9.17) is 19.2 Å². The zero-order valence-electron chi connectivity index (χ0n) is 4.79. The fourth-order valence-corrected chi connectivity index (χ4v) is 0. The Labute approximate surface area is 119 Å². The molecule has 0 atom stereocenters. The van der Waals surface area contributed by atoms with E-state index in [0.29, 0.717) is 0 Å². The fourth-order valence-electron chi connectivity index (χ4n) is 0. The van der Waals surface area contributed by atoms with Gasteiger partial charge in [-0.25, -0.2) is 0 Å². The van der Waals surface area contributed by atoms with Crippen LogP contribution in [0.15, 0.2) is 0 Å². The first kappa shape index (κ1) is 22.4. The minimum atomic E-state index is -4.61. The molecule has 0 saturated carbocycles. The molecule has 5 nitrogen and oxygen atoms in total.